The Morgan fingerprint density at radius 3 is 2.73 bits per heavy atom. The highest BCUT2D eigenvalue weighted by molar-refractivity contribution is 5.79. The van der Waals surface area contributed by atoms with E-state index in [-0.39, 0.29) is 11.4 Å². The second-order valence-electron chi connectivity index (χ2n) is 8.91. The second kappa shape index (κ2) is 10.9. The third-order valence-corrected chi connectivity index (χ3v) is 6.24. The van der Waals surface area contributed by atoms with Gasteiger partial charge in [0, 0.05) is 24.7 Å². The van der Waals surface area contributed by atoms with Gasteiger partial charge in [0.15, 0.2) is 5.82 Å². The Balaban J connectivity index is 1.67. The molecule has 0 aliphatic heterocycles. The van der Waals surface area contributed by atoms with Crippen molar-refractivity contribution in [2.24, 2.45) is 0 Å². The number of ether oxygens (including phenoxy) is 1. The van der Waals surface area contributed by atoms with Crippen LogP contribution in [0.25, 0.3) is 10.9 Å². The molecular weight excluding hydrogens is 475 g/mol. The van der Waals surface area contributed by atoms with Gasteiger partial charge in [-0.05, 0) is 70.3 Å². The first-order valence-corrected chi connectivity index (χ1v) is 11.9. The number of tetrazole rings is 1. The Morgan fingerprint density at radius 1 is 1.14 bits per heavy atom. The molecule has 0 fully saturated rings. The number of hydrogen-bond acceptors (Lipinski definition) is 7. The molecule has 0 saturated carbocycles. The molecule has 3 heterocycles. The monoisotopic (exact) mass is 502 g/mol. The maximum absolute atomic E-state index is 13.7. The summed E-state index contributed by atoms with van der Waals surface area (Å²) in [5, 5.41) is 13.3. The lowest BCUT2D eigenvalue weighted by molar-refractivity contribution is 0.163. The van der Waals surface area contributed by atoms with Gasteiger partial charge in [-0.3, -0.25) is 9.69 Å². The molecule has 1 unspecified atom stereocenters. The number of methoxy groups -OCH3 is 1. The molecule has 37 heavy (non-hydrogen) atoms. The van der Waals surface area contributed by atoms with E-state index in [1.807, 2.05) is 48.2 Å². The van der Waals surface area contributed by atoms with E-state index in [2.05, 4.69) is 20.5 Å². The number of pyridine rings is 1. The Morgan fingerprint density at radius 2 is 1.97 bits per heavy atom. The van der Waals surface area contributed by atoms with Crippen molar-refractivity contribution in [3.8, 4) is 0 Å². The number of furan rings is 1. The Kier molecular flexibility index (Phi) is 7.20. The van der Waals surface area contributed by atoms with Crippen molar-refractivity contribution in [3.05, 3.63) is 111 Å². The summed E-state index contributed by atoms with van der Waals surface area (Å²) in [6, 6.07) is 17.1. The lowest BCUT2D eigenvalue weighted by Crippen LogP contribution is -2.35. The summed E-state index contributed by atoms with van der Waals surface area (Å²) in [6.07, 6.45) is 1.61. The van der Waals surface area contributed by atoms with Gasteiger partial charge in [0.05, 0.1) is 26.0 Å². The molecule has 0 saturated heterocycles. The first-order valence-electron chi connectivity index (χ1n) is 11.9. The van der Waals surface area contributed by atoms with E-state index >= 15 is 0 Å². The van der Waals surface area contributed by atoms with E-state index in [1.165, 1.54) is 12.1 Å². The number of benzene rings is 2. The molecular formula is C27H27FN6O3. The first kappa shape index (κ1) is 24.5. The number of fused-ring (bicyclic) bond motifs is 1. The van der Waals surface area contributed by atoms with Crippen molar-refractivity contribution < 1.29 is 13.5 Å². The number of halogens is 1. The lowest BCUT2D eigenvalue weighted by atomic mass is 10.0. The quantitative estimate of drug-likeness (QED) is 0.308. The molecule has 1 N–H and O–H groups in total. The SMILES string of the molecule is COCCn1nnnc1C(c1cc2ccc(C)cc2[nH]c1=O)N(Cc1ccc(F)cc1)Cc1ccco1. The topological polar surface area (TPSA) is 102 Å². The molecule has 0 aliphatic carbocycles. The predicted molar refractivity (Wildman–Crippen MR) is 135 cm³/mol. The molecule has 0 bridgehead atoms. The van der Waals surface area contributed by atoms with Crippen LogP contribution in [0.4, 0.5) is 4.39 Å². The summed E-state index contributed by atoms with van der Waals surface area (Å²) in [5.74, 6) is 0.876. The Hall–Kier alpha value is -4.15. The largest absolute Gasteiger partial charge is 0.468 e. The number of hydrogen-bond donors (Lipinski definition) is 1. The van der Waals surface area contributed by atoms with Crippen LogP contribution < -0.4 is 5.56 Å². The summed E-state index contributed by atoms with van der Waals surface area (Å²) in [6.45, 7) is 3.53. The maximum Gasteiger partial charge on any atom is 0.253 e. The minimum Gasteiger partial charge on any atom is -0.468 e. The van der Waals surface area contributed by atoms with Crippen LogP contribution in [0.1, 0.15) is 34.3 Å². The molecule has 2 aromatic carbocycles. The van der Waals surface area contributed by atoms with Crippen molar-refractivity contribution in [2.45, 2.75) is 32.6 Å². The van der Waals surface area contributed by atoms with Gasteiger partial charge >= 0.3 is 0 Å². The highest BCUT2D eigenvalue weighted by Gasteiger charge is 2.31. The molecule has 10 heteroatoms. The van der Waals surface area contributed by atoms with Crippen LogP contribution in [0.3, 0.4) is 0 Å². The van der Waals surface area contributed by atoms with Gasteiger partial charge in [0.1, 0.15) is 17.6 Å². The van der Waals surface area contributed by atoms with Crippen LogP contribution in [0.5, 0.6) is 0 Å². The van der Waals surface area contributed by atoms with Gasteiger partial charge in [-0.1, -0.05) is 24.3 Å². The minimum absolute atomic E-state index is 0.243. The smallest absolute Gasteiger partial charge is 0.253 e. The molecule has 1 atom stereocenters. The normalized spacial score (nSPS) is 12.4. The van der Waals surface area contributed by atoms with Crippen molar-refractivity contribution in [3.63, 3.8) is 0 Å². The molecule has 0 amide bonds. The average molecular weight is 503 g/mol. The summed E-state index contributed by atoms with van der Waals surface area (Å²) < 4.78 is 26.2. The van der Waals surface area contributed by atoms with Gasteiger partial charge in [-0.2, -0.15) is 0 Å². The van der Waals surface area contributed by atoms with Crippen LogP contribution >= 0.6 is 0 Å². The zero-order chi connectivity index (χ0) is 25.8. The van der Waals surface area contributed by atoms with Gasteiger partial charge in [-0.25, -0.2) is 9.07 Å². The van der Waals surface area contributed by atoms with E-state index in [0.717, 1.165) is 22.0 Å². The van der Waals surface area contributed by atoms with Crippen LogP contribution in [0, 0.1) is 12.7 Å². The fourth-order valence-corrected chi connectivity index (χ4v) is 4.44. The highest BCUT2D eigenvalue weighted by Crippen LogP contribution is 2.30. The van der Waals surface area contributed by atoms with Crippen LogP contribution in [0.15, 0.2) is 76.1 Å². The summed E-state index contributed by atoms with van der Waals surface area (Å²) >= 11 is 0. The van der Waals surface area contributed by atoms with Crippen LogP contribution in [-0.4, -0.2) is 43.8 Å². The fraction of sp³-hybridized carbons (Fsp3) is 0.259. The zero-order valence-corrected chi connectivity index (χ0v) is 20.6. The first-order chi connectivity index (χ1) is 18.0. The number of aryl methyl sites for hydroxylation is 1. The lowest BCUT2D eigenvalue weighted by Gasteiger charge is -2.30. The summed E-state index contributed by atoms with van der Waals surface area (Å²) in [4.78, 5) is 18.6. The zero-order valence-electron chi connectivity index (χ0n) is 20.6. The number of rotatable bonds is 10. The third-order valence-electron chi connectivity index (χ3n) is 6.24. The molecule has 0 spiro atoms. The van der Waals surface area contributed by atoms with E-state index in [0.29, 0.717) is 43.4 Å². The summed E-state index contributed by atoms with van der Waals surface area (Å²) in [5.41, 5.74) is 2.91. The van der Waals surface area contributed by atoms with Gasteiger partial charge in [0.25, 0.3) is 5.56 Å². The van der Waals surface area contributed by atoms with E-state index < -0.39 is 6.04 Å². The molecule has 0 aliphatic rings. The predicted octanol–water partition coefficient (Wildman–Crippen LogP) is 3.99. The number of nitrogens with zero attached hydrogens (tertiary/aromatic N) is 5. The Bertz CT molecular complexity index is 1530. The van der Waals surface area contributed by atoms with Crippen LogP contribution in [0.2, 0.25) is 0 Å². The summed E-state index contributed by atoms with van der Waals surface area (Å²) in [7, 11) is 1.61. The average Bonchev–Trinajstić information content (AvgIpc) is 3.57. The van der Waals surface area contributed by atoms with Crippen molar-refractivity contribution in [1.82, 2.24) is 30.1 Å². The van der Waals surface area contributed by atoms with Crippen LogP contribution in [-0.2, 0) is 24.4 Å². The van der Waals surface area contributed by atoms with Crippen molar-refractivity contribution >= 4 is 10.9 Å². The molecule has 5 rings (SSSR count). The number of nitrogens with one attached hydrogen (secondary N) is 1. The minimum atomic E-state index is -0.642. The standard InChI is InChI=1S/C27H27FN6O3/c1-18-5-8-20-15-23(27(35)29-24(20)14-18)25(26-30-31-32-34(26)11-13-36-2)33(17-22-4-3-12-37-22)16-19-6-9-21(28)10-7-19/h3-10,12,14-15,25H,11,13,16-17H2,1-2H3,(H,29,35). The molecule has 5 aromatic rings. The van der Waals surface area contributed by atoms with E-state index in [1.54, 1.807) is 30.2 Å². The van der Waals surface area contributed by atoms with E-state index in [4.69, 9.17) is 9.15 Å². The number of aromatic nitrogens is 5. The number of aromatic amines is 1. The van der Waals surface area contributed by atoms with E-state index in [9.17, 15) is 9.18 Å². The molecule has 9 nitrogen and oxygen atoms in total. The highest BCUT2D eigenvalue weighted by atomic mass is 19.1. The van der Waals surface area contributed by atoms with Gasteiger partial charge in [-0.15, -0.1) is 5.10 Å². The molecule has 190 valence electrons. The number of H-pyrrole nitrogens is 1. The fourth-order valence-electron chi connectivity index (χ4n) is 4.44. The second-order valence-corrected chi connectivity index (χ2v) is 8.91. The third kappa shape index (κ3) is 5.50. The molecule has 3 aromatic heterocycles. The molecule has 0 radical (unpaired) electrons. The van der Waals surface area contributed by atoms with Crippen molar-refractivity contribution in [1.29, 1.82) is 0 Å². The van der Waals surface area contributed by atoms with Gasteiger partial charge in [0.2, 0.25) is 0 Å². The Labute approximate surface area is 212 Å². The maximum atomic E-state index is 13.7. The van der Waals surface area contributed by atoms with Gasteiger partial charge < -0.3 is 14.1 Å². The van der Waals surface area contributed by atoms with Crippen molar-refractivity contribution in [2.75, 3.05) is 13.7 Å².